The van der Waals surface area contributed by atoms with Gasteiger partial charge in [0.25, 0.3) is 0 Å². The molecule has 0 radical (unpaired) electrons. The van der Waals surface area contributed by atoms with E-state index in [1.165, 1.54) is 0 Å². The Kier molecular flexibility index (Phi) is 5.58. The molecule has 0 saturated heterocycles. The number of rotatable bonds is 6. The molecule has 4 aromatic rings. The maximum absolute atomic E-state index is 13.4. The Morgan fingerprint density at radius 2 is 0.897 bits per heavy atom. The predicted molar refractivity (Wildman–Crippen MR) is 119 cm³/mol. The Balaban J connectivity index is 1.88. The lowest BCUT2D eigenvalue weighted by Crippen LogP contribution is -2.21. The highest BCUT2D eigenvalue weighted by Crippen LogP contribution is 2.26. The molecule has 0 aliphatic rings. The Bertz CT molecular complexity index is 1050. The van der Waals surface area contributed by atoms with Crippen LogP contribution in [0, 0.1) is 0 Å². The van der Waals surface area contributed by atoms with Crippen LogP contribution in [0.15, 0.2) is 126 Å². The topological polar surface area (TPSA) is 32.7 Å². The van der Waals surface area contributed by atoms with Gasteiger partial charge in [-0.3, -0.25) is 4.79 Å². The molecule has 140 valence electrons. The molecule has 0 saturated carbocycles. The smallest absolute Gasteiger partial charge is 0.213 e. The van der Waals surface area contributed by atoms with E-state index in [4.69, 9.17) is 5.10 Å². The van der Waals surface area contributed by atoms with Crippen molar-refractivity contribution in [3.05, 3.63) is 132 Å². The summed E-state index contributed by atoms with van der Waals surface area (Å²) in [5, 5.41) is 6.67. The fourth-order valence-electron chi connectivity index (χ4n) is 3.06. The highest BCUT2D eigenvalue weighted by atomic mass is 16.1. The van der Waals surface area contributed by atoms with Crippen molar-refractivity contribution in [1.29, 1.82) is 0 Å². The van der Waals surface area contributed by atoms with Gasteiger partial charge in [-0.05, 0) is 24.3 Å². The molecule has 0 heterocycles. The van der Waals surface area contributed by atoms with Crippen molar-refractivity contribution < 1.29 is 4.79 Å². The van der Waals surface area contributed by atoms with Crippen molar-refractivity contribution in [2.75, 3.05) is 5.01 Å². The molecule has 0 aromatic heterocycles. The van der Waals surface area contributed by atoms with Gasteiger partial charge in [-0.25, -0.2) is 5.01 Å². The number of para-hydroxylation sites is 2. The Labute approximate surface area is 170 Å². The minimum Gasteiger partial charge on any atom is -0.287 e. The fourth-order valence-corrected chi connectivity index (χ4v) is 3.06. The molecule has 0 spiro atoms. The van der Waals surface area contributed by atoms with Crippen LogP contribution in [0.1, 0.15) is 15.9 Å². The van der Waals surface area contributed by atoms with Crippen LogP contribution in [0.25, 0.3) is 0 Å². The minimum absolute atomic E-state index is 0.117. The molecule has 3 heteroatoms. The van der Waals surface area contributed by atoms with Gasteiger partial charge < -0.3 is 0 Å². The number of hydrazone groups is 1. The molecule has 0 aliphatic heterocycles. The van der Waals surface area contributed by atoms with E-state index in [0.29, 0.717) is 11.3 Å². The van der Waals surface area contributed by atoms with Crippen LogP contribution in [-0.2, 0) is 0 Å². The number of carbonyl (C=O) groups is 1. The third kappa shape index (κ3) is 4.30. The molecular weight excluding hydrogens is 356 g/mol. The van der Waals surface area contributed by atoms with E-state index >= 15 is 0 Å². The van der Waals surface area contributed by atoms with Crippen LogP contribution < -0.4 is 5.01 Å². The standard InChI is InChI=1S/C26H20N2O/c29-26(22-15-7-2-8-16-22)25(21-13-5-1-6-14-21)27-28(23-17-9-3-10-18-23)24-19-11-4-12-20-24/h1-20H/b27-25+. The molecule has 0 fully saturated rings. The van der Waals surface area contributed by atoms with Gasteiger partial charge in [0, 0.05) is 11.1 Å². The maximum Gasteiger partial charge on any atom is 0.213 e. The summed E-state index contributed by atoms with van der Waals surface area (Å²) in [5.41, 5.74) is 3.54. The van der Waals surface area contributed by atoms with Crippen molar-refractivity contribution >= 4 is 22.9 Å². The third-order valence-corrected chi connectivity index (χ3v) is 4.50. The van der Waals surface area contributed by atoms with Gasteiger partial charge in [0.05, 0.1) is 11.4 Å². The van der Waals surface area contributed by atoms with Gasteiger partial charge in [0.1, 0.15) is 5.71 Å². The quantitative estimate of drug-likeness (QED) is 0.231. The molecule has 4 aromatic carbocycles. The number of Topliss-reactive ketones (excluding diaryl/α,β-unsaturated/α-hetero) is 1. The van der Waals surface area contributed by atoms with E-state index in [9.17, 15) is 4.79 Å². The van der Waals surface area contributed by atoms with Gasteiger partial charge in [-0.1, -0.05) is 97.1 Å². The van der Waals surface area contributed by atoms with E-state index in [1.54, 1.807) is 0 Å². The molecular formula is C26H20N2O. The van der Waals surface area contributed by atoms with Crippen molar-refractivity contribution in [2.45, 2.75) is 0 Å². The second-order valence-electron chi connectivity index (χ2n) is 6.49. The first-order valence-electron chi connectivity index (χ1n) is 9.47. The molecule has 0 bridgehead atoms. The van der Waals surface area contributed by atoms with Crippen molar-refractivity contribution in [3.8, 4) is 0 Å². The van der Waals surface area contributed by atoms with Crippen LogP contribution in [0.5, 0.6) is 0 Å². The fraction of sp³-hybridized carbons (Fsp3) is 0. The number of hydrogen-bond acceptors (Lipinski definition) is 3. The minimum atomic E-state index is -0.117. The lowest BCUT2D eigenvalue weighted by Gasteiger charge is -2.21. The SMILES string of the molecule is O=C(/C(=N/N(c1ccccc1)c1ccccc1)c1ccccc1)c1ccccc1. The number of hydrogen-bond donors (Lipinski definition) is 0. The number of benzene rings is 4. The van der Waals surface area contributed by atoms with Gasteiger partial charge in [0.2, 0.25) is 5.78 Å². The van der Waals surface area contributed by atoms with Gasteiger partial charge in [-0.15, -0.1) is 0 Å². The summed E-state index contributed by atoms with van der Waals surface area (Å²) in [7, 11) is 0. The zero-order chi connectivity index (χ0) is 19.9. The van der Waals surface area contributed by atoms with Gasteiger partial charge >= 0.3 is 0 Å². The zero-order valence-electron chi connectivity index (χ0n) is 15.8. The van der Waals surface area contributed by atoms with Crippen molar-refractivity contribution in [1.82, 2.24) is 0 Å². The van der Waals surface area contributed by atoms with Crippen LogP contribution in [0.3, 0.4) is 0 Å². The molecule has 0 atom stereocenters. The van der Waals surface area contributed by atoms with Crippen LogP contribution in [0.4, 0.5) is 11.4 Å². The third-order valence-electron chi connectivity index (χ3n) is 4.50. The average molecular weight is 376 g/mol. The van der Waals surface area contributed by atoms with Crippen molar-refractivity contribution in [3.63, 3.8) is 0 Å². The highest BCUT2D eigenvalue weighted by Gasteiger charge is 2.19. The second-order valence-corrected chi connectivity index (χ2v) is 6.49. The summed E-state index contributed by atoms with van der Waals surface area (Å²) in [5.74, 6) is -0.117. The lowest BCUT2D eigenvalue weighted by molar-refractivity contribution is 0.106. The average Bonchev–Trinajstić information content (AvgIpc) is 2.82. The Morgan fingerprint density at radius 1 is 0.517 bits per heavy atom. The summed E-state index contributed by atoms with van der Waals surface area (Å²) in [6, 6.07) is 38.5. The van der Waals surface area contributed by atoms with E-state index in [1.807, 2.05) is 126 Å². The maximum atomic E-state index is 13.4. The summed E-state index contributed by atoms with van der Waals surface area (Å²) in [6.45, 7) is 0. The van der Waals surface area contributed by atoms with Gasteiger partial charge in [-0.2, -0.15) is 5.10 Å². The van der Waals surface area contributed by atoms with E-state index in [2.05, 4.69) is 0 Å². The van der Waals surface area contributed by atoms with Crippen LogP contribution in [0.2, 0.25) is 0 Å². The first-order chi connectivity index (χ1) is 14.3. The van der Waals surface area contributed by atoms with Crippen LogP contribution >= 0.6 is 0 Å². The number of anilines is 2. The Hall–Kier alpha value is -3.98. The number of carbonyl (C=O) groups excluding carboxylic acids is 1. The second kappa shape index (κ2) is 8.81. The summed E-state index contributed by atoms with van der Waals surface area (Å²) < 4.78 is 0. The number of nitrogens with zero attached hydrogens (tertiary/aromatic N) is 2. The molecule has 29 heavy (non-hydrogen) atoms. The lowest BCUT2D eigenvalue weighted by atomic mass is 10.0. The van der Waals surface area contributed by atoms with Crippen molar-refractivity contribution in [2.24, 2.45) is 5.10 Å². The van der Waals surface area contributed by atoms with E-state index < -0.39 is 0 Å². The highest BCUT2D eigenvalue weighted by molar-refractivity contribution is 6.51. The summed E-state index contributed by atoms with van der Waals surface area (Å²) in [4.78, 5) is 13.4. The molecule has 0 aliphatic carbocycles. The van der Waals surface area contributed by atoms with E-state index in [0.717, 1.165) is 16.9 Å². The first kappa shape index (κ1) is 18.4. The Morgan fingerprint density at radius 3 is 1.34 bits per heavy atom. The number of ketones is 1. The van der Waals surface area contributed by atoms with E-state index in [-0.39, 0.29) is 5.78 Å². The largest absolute Gasteiger partial charge is 0.287 e. The summed E-state index contributed by atoms with van der Waals surface area (Å²) >= 11 is 0. The van der Waals surface area contributed by atoms with Crippen LogP contribution in [-0.4, -0.2) is 11.5 Å². The predicted octanol–water partition coefficient (Wildman–Crippen LogP) is 6.11. The monoisotopic (exact) mass is 376 g/mol. The molecule has 0 unspecified atom stereocenters. The normalized spacial score (nSPS) is 11.1. The molecule has 3 nitrogen and oxygen atoms in total. The summed E-state index contributed by atoms with van der Waals surface area (Å²) in [6.07, 6.45) is 0. The molecule has 0 N–H and O–H groups in total. The zero-order valence-corrected chi connectivity index (χ0v) is 15.8. The van der Waals surface area contributed by atoms with Gasteiger partial charge in [0.15, 0.2) is 0 Å². The molecule has 4 rings (SSSR count). The first-order valence-corrected chi connectivity index (χ1v) is 9.47. The molecule has 0 amide bonds.